The van der Waals surface area contributed by atoms with Crippen molar-refractivity contribution >= 4 is 58.0 Å². The van der Waals surface area contributed by atoms with E-state index < -0.39 is 7.26 Å². The topological polar surface area (TPSA) is 0 Å². The molecule has 0 aromatic heterocycles. The highest BCUT2D eigenvalue weighted by Gasteiger charge is 2.44. The van der Waals surface area contributed by atoms with Crippen molar-refractivity contribution in [1.82, 2.24) is 0 Å². The van der Waals surface area contributed by atoms with Gasteiger partial charge in [-0.1, -0.05) is 48.1 Å². The van der Waals surface area contributed by atoms with Gasteiger partial charge in [-0.25, -0.2) is 0 Å². The Morgan fingerprint density at radius 2 is 0.885 bits per heavy atom. The molecule has 0 spiro atoms. The fourth-order valence-corrected chi connectivity index (χ4v) is 8.13. The van der Waals surface area contributed by atoms with E-state index in [2.05, 4.69) is 43.3 Å². The van der Waals surface area contributed by atoms with Crippen LogP contribution in [0, 0.1) is 0 Å². The van der Waals surface area contributed by atoms with Crippen molar-refractivity contribution in [1.29, 1.82) is 0 Å². The quantitative estimate of drug-likeness (QED) is 0.386. The maximum Gasteiger partial charge on any atom is 0.112 e. The lowest BCUT2D eigenvalue weighted by atomic mass is 10.3. The predicted molar refractivity (Wildman–Crippen MR) is 120 cm³/mol. The lowest BCUT2D eigenvalue weighted by Crippen LogP contribution is -2.33. The van der Waals surface area contributed by atoms with E-state index >= 15 is 0 Å². The Morgan fingerprint density at radius 3 is 1.15 bits per heavy atom. The molecule has 0 unspecified atom stereocenters. The monoisotopic (exact) mass is 421 g/mol. The van der Waals surface area contributed by atoms with E-state index in [1.54, 1.807) is 0 Å². The third kappa shape index (κ3) is 4.10. The zero-order valence-electron chi connectivity index (χ0n) is 14.6. The molecular formula is C22H21Cl3P+. The van der Waals surface area contributed by atoms with Gasteiger partial charge in [-0.15, -0.1) is 0 Å². The second-order valence-electron chi connectivity index (χ2n) is 6.32. The summed E-state index contributed by atoms with van der Waals surface area (Å²) in [4.78, 5) is 0. The molecule has 4 heteroatoms. The Labute approximate surface area is 171 Å². The Kier molecular flexibility index (Phi) is 6.65. The zero-order valence-corrected chi connectivity index (χ0v) is 17.8. The minimum atomic E-state index is -1.81. The number of halogens is 3. The van der Waals surface area contributed by atoms with Gasteiger partial charge in [-0.05, 0) is 79.2 Å². The van der Waals surface area contributed by atoms with E-state index in [1.165, 1.54) is 15.9 Å². The van der Waals surface area contributed by atoms with Crippen LogP contribution in [0.4, 0.5) is 0 Å². The van der Waals surface area contributed by atoms with E-state index in [9.17, 15) is 0 Å². The highest BCUT2D eigenvalue weighted by atomic mass is 35.5. The first-order chi connectivity index (χ1) is 12.6. The summed E-state index contributed by atoms with van der Waals surface area (Å²) in [7, 11) is -1.81. The number of unbranched alkanes of at least 4 members (excludes halogenated alkanes) is 1. The maximum absolute atomic E-state index is 6.18. The summed E-state index contributed by atoms with van der Waals surface area (Å²) >= 11 is 18.5. The highest BCUT2D eigenvalue weighted by Crippen LogP contribution is 2.56. The number of hydrogen-bond acceptors (Lipinski definition) is 0. The lowest BCUT2D eigenvalue weighted by Gasteiger charge is -2.27. The van der Waals surface area contributed by atoms with Crippen molar-refractivity contribution in [2.75, 3.05) is 6.16 Å². The second-order valence-corrected chi connectivity index (χ2v) is 11.2. The van der Waals surface area contributed by atoms with Crippen molar-refractivity contribution in [3.63, 3.8) is 0 Å². The second kappa shape index (κ2) is 8.77. The number of benzene rings is 3. The van der Waals surface area contributed by atoms with Crippen LogP contribution in [0.3, 0.4) is 0 Å². The molecule has 0 aliphatic carbocycles. The van der Waals surface area contributed by atoms with Crippen LogP contribution in [0.2, 0.25) is 15.1 Å². The largest absolute Gasteiger partial charge is 0.112 e. The number of rotatable bonds is 6. The van der Waals surface area contributed by atoms with Crippen LogP contribution in [-0.4, -0.2) is 6.16 Å². The Balaban J connectivity index is 2.27. The van der Waals surface area contributed by atoms with E-state index in [0.29, 0.717) is 0 Å². The van der Waals surface area contributed by atoms with Gasteiger partial charge in [0, 0.05) is 15.1 Å². The van der Waals surface area contributed by atoms with E-state index in [1.807, 2.05) is 36.4 Å². The van der Waals surface area contributed by atoms with Gasteiger partial charge in [0.1, 0.15) is 23.2 Å². The van der Waals surface area contributed by atoms with Crippen molar-refractivity contribution in [3.05, 3.63) is 87.9 Å². The molecule has 3 aromatic rings. The van der Waals surface area contributed by atoms with Crippen LogP contribution < -0.4 is 15.9 Å². The predicted octanol–water partition coefficient (Wildman–Crippen LogP) is 6.74. The molecule has 3 rings (SSSR count). The first-order valence-electron chi connectivity index (χ1n) is 8.73. The summed E-state index contributed by atoms with van der Waals surface area (Å²) in [6.07, 6.45) is 3.41. The summed E-state index contributed by atoms with van der Waals surface area (Å²) in [5, 5.41) is 6.28. The molecule has 0 heterocycles. The van der Waals surface area contributed by atoms with Gasteiger partial charge in [-0.2, -0.15) is 0 Å². The highest BCUT2D eigenvalue weighted by molar-refractivity contribution is 7.95. The van der Waals surface area contributed by atoms with Crippen LogP contribution in [-0.2, 0) is 0 Å². The Bertz CT molecular complexity index is 729. The van der Waals surface area contributed by atoms with Crippen molar-refractivity contribution in [3.8, 4) is 0 Å². The average Bonchev–Trinajstić information content (AvgIpc) is 2.66. The average molecular weight is 423 g/mol. The van der Waals surface area contributed by atoms with Crippen LogP contribution in [0.1, 0.15) is 19.8 Å². The zero-order chi connectivity index (χ0) is 18.6. The fraction of sp³-hybridized carbons (Fsp3) is 0.182. The third-order valence-electron chi connectivity index (χ3n) is 4.65. The standard InChI is InChI=1S/C22H21Cl3P/c1-2-3-16-26(20-10-4-17(23)5-11-20,21-12-6-18(24)7-13-21)22-14-8-19(25)9-15-22/h4-15H,2-3,16H2,1H3/q+1. The molecule has 0 N–H and O–H groups in total. The van der Waals surface area contributed by atoms with Crippen LogP contribution in [0.15, 0.2) is 72.8 Å². The van der Waals surface area contributed by atoms with Gasteiger partial charge in [0.05, 0.1) is 6.16 Å². The van der Waals surface area contributed by atoms with Crippen molar-refractivity contribution in [2.45, 2.75) is 19.8 Å². The molecule has 0 radical (unpaired) electrons. The van der Waals surface area contributed by atoms with Gasteiger partial charge >= 0.3 is 0 Å². The first-order valence-corrected chi connectivity index (χ1v) is 11.8. The fourth-order valence-electron chi connectivity index (χ4n) is 3.32. The lowest BCUT2D eigenvalue weighted by molar-refractivity contribution is 0.891. The molecule has 0 amide bonds. The molecule has 0 aliphatic rings. The summed E-state index contributed by atoms with van der Waals surface area (Å²) in [5.41, 5.74) is 0. The molecule has 0 bridgehead atoms. The molecule has 0 saturated carbocycles. The molecule has 0 fully saturated rings. The van der Waals surface area contributed by atoms with E-state index in [0.717, 1.165) is 34.1 Å². The van der Waals surface area contributed by atoms with Gasteiger partial charge in [0.25, 0.3) is 0 Å². The van der Waals surface area contributed by atoms with E-state index in [-0.39, 0.29) is 0 Å². The van der Waals surface area contributed by atoms with Crippen LogP contribution in [0.5, 0.6) is 0 Å². The molecule has 134 valence electrons. The molecule has 0 nitrogen and oxygen atoms in total. The van der Waals surface area contributed by atoms with E-state index in [4.69, 9.17) is 34.8 Å². The molecule has 26 heavy (non-hydrogen) atoms. The SMILES string of the molecule is CCCC[P+](c1ccc(Cl)cc1)(c1ccc(Cl)cc1)c1ccc(Cl)cc1. The van der Waals surface area contributed by atoms with Crippen LogP contribution >= 0.6 is 42.1 Å². The maximum atomic E-state index is 6.18. The molecular weight excluding hydrogens is 402 g/mol. The minimum absolute atomic E-state index is 0.759. The Hall–Kier alpha value is -1.04. The van der Waals surface area contributed by atoms with Gasteiger partial charge in [0.15, 0.2) is 0 Å². The van der Waals surface area contributed by atoms with Gasteiger partial charge in [-0.3, -0.25) is 0 Å². The third-order valence-corrected chi connectivity index (χ3v) is 9.93. The normalized spacial score (nSPS) is 11.5. The Morgan fingerprint density at radius 1 is 0.577 bits per heavy atom. The summed E-state index contributed by atoms with van der Waals surface area (Å²) < 4.78 is 0. The van der Waals surface area contributed by atoms with Crippen molar-refractivity contribution in [2.24, 2.45) is 0 Å². The molecule has 0 atom stereocenters. The first kappa shape index (κ1) is 19.7. The molecule has 0 aliphatic heterocycles. The van der Waals surface area contributed by atoms with Gasteiger partial charge < -0.3 is 0 Å². The molecule has 0 saturated heterocycles. The summed E-state index contributed by atoms with van der Waals surface area (Å²) in [5.74, 6) is 0. The summed E-state index contributed by atoms with van der Waals surface area (Å²) in [6, 6.07) is 25.0. The van der Waals surface area contributed by atoms with Crippen molar-refractivity contribution < 1.29 is 0 Å². The van der Waals surface area contributed by atoms with Gasteiger partial charge in [0.2, 0.25) is 0 Å². The smallest absolute Gasteiger partial charge is 0.0843 e. The van der Waals surface area contributed by atoms with Crippen LogP contribution in [0.25, 0.3) is 0 Å². The number of hydrogen-bond donors (Lipinski definition) is 0. The summed E-state index contributed by atoms with van der Waals surface area (Å²) in [6.45, 7) is 2.24. The molecule has 3 aromatic carbocycles. The minimum Gasteiger partial charge on any atom is -0.0843 e.